The number of amides is 1. The normalized spacial score (nSPS) is 22.9. The van der Waals surface area contributed by atoms with Crippen LogP contribution in [0.15, 0.2) is 16.8 Å². The third kappa shape index (κ3) is 3.80. The molecule has 0 saturated carbocycles. The molecule has 1 aromatic heterocycles. The minimum atomic E-state index is -0.479. The molecule has 3 N–H and O–H groups in total. The van der Waals surface area contributed by atoms with E-state index < -0.39 is 6.10 Å². The first-order valence-corrected chi connectivity index (χ1v) is 6.90. The maximum Gasteiger partial charge on any atom is 0.221 e. The van der Waals surface area contributed by atoms with E-state index in [1.165, 1.54) is 0 Å². The van der Waals surface area contributed by atoms with Gasteiger partial charge >= 0.3 is 0 Å². The molecule has 4 nitrogen and oxygen atoms in total. The molecule has 0 radical (unpaired) electrons. The molecule has 2 heterocycles. The van der Waals surface area contributed by atoms with Crippen molar-refractivity contribution >= 4 is 17.2 Å². The monoisotopic (exact) mass is 254 g/mol. The average molecular weight is 254 g/mol. The Balaban J connectivity index is 1.79. The van der Waals surface area contributed by atoms with Gasteiger partial charge in [-0.25, -0.2) is 0 Å². The molecule has 0 bridgehead atoms. The van der Waals surface area contributed by atoms with Gasteiger partial charge in [0.1, 0.15) is 0 Å². The van der Waals surface area contributed by atoms with E-state index in [1.807, 2.05) is 16.8 Å². The smallest absolute Gasteiger partial charge is 0.221 e. The lowest BCUT2D eigenvalue weighted by Gasteiger charge is -2.17. The van der Waals surface area contributed by atoms with E-state index >= 15 is 0 Å². The highest BCUT2D eigenvalue weighted by Crippen LogP contribution is 2.16. The van der Waals surface area contributed by atoms with Crippen molar-refractivity contribution in [2.24, 2.45) is 0 Å². The molecule has 1 aliphatic heterocycles. The van der Waals surface area contributed by atoms with Crippen LogP contribution < -0.4 is 10.6 Å². The Morgan fingerprint density at radius 3 is 3.29 bits per heavy atom. The Morgan fingerprint density at radius 2 is 2.53 bits per heavy atom. The summed E-state index contributed by atoms with van der Waals surface area (Å²) in [7, 11) is 0. The van der Waals surface area contributed by atoms with E-state index in [0.29, 0.717) is 13.0 Å². The molecule has 2 atom stereocenters. The number of hydrogen-bond donors (Lipinski definition) is 3. The number of rotatable bonds is 4. The van der Waals surface area contributed by atoms with Gasteiger partial charge in [0.2, 0.25) is 5.91 Å². The largest absolute Gasteiger partial charge is 0.387 e. The first-order valence-electron chi connectivity index (χ1n) is 5.96. The molecule has 1 fully saturated rings. The lowest BCUT2D eigenvalue weighted by Crippen LogP contribution is -2.35. The minimum Gasteiger partial charge on any atom is -0.387 e. The summed E-state index contributed by atoms with van der Waals surface area (Å²) in [5.41, 5.74) is 0.945. The average Bonchev–Trinajstić information content (AvgIpc) is 2.77. The molecule has 17 heavy (non-hydrogen) atoms. The van der Waals surface area contributed by atoms with Gasteiger partial charge in [0.15, 0.2) is 0 Å². The van der Waals surface area contributed by atoms with Gasteiger partial charge in [-0.05, 0) is 35.2 Å². The second-order valence-electron chi connectivity index (χ2n) is 4.37. The molecule has 1 aliphatic rings. The number of thiophene rings is 1. The quantitative estimate of drug-likeness (QED) is 0.752. The molecular weight excluding hydrogens is 236 g/mol. The molecule has 5 heteroatoms. The Morgan fingerprint density at radius 1 is 1.65 bits per heavy atom. The second kappa shape index (κ2) is 6.14. The number of carbonyl (C=O) groups is 1. The molecule has 2 unspecified atom stereocenters. The lowest BCUT2D eigenvalue weighted by molar-refractivity contribution is -0.121. The molecule has 2 rings (SSSR count). The SMILES string of the molecule is O=C1CC(NCC(O)c2ccsc2)CCCN1. The summed E-state index contributed by atoms with van der Waals surface area (Å²) < 4.78 is 0. The van der Waals surface area contributed by atoms with E-state index in [-0.39, 0.29) is 11.9 Å². The summed E-state index contributed by atoms with van der Waals surface area (Å²) in [6, 6.07) is 2.11. The number of carbonyl (C=O) groups excluding carboxylic acids is 1. The standard InChI is InChI=1S/C12H18N2O2S/c15-11(9-3-5-17-8-9)7-14-10-2-1-4-13-12(16)6-10/h3,5,8,10-11,14-15H,1-2,4,6-7H2,(H,13,16). The summed E-state index contributed by atoms with van der Waals surface area (Å²) in [6.45, 7) is 1.28. The summed E-state index contributed by atoms with van der Waals surface area (Å²) >= 11 is 1.58. The number of aliphatic hydroxyl groups is 1. The highest BCUT2D eigenvalue weighted by atomic mass is 32.1. The minimum absolute atomic E-state index is 0.102. The topological polar surface area (TPSA) is 61.4 Å². The van der Waals surface area contributed by atoms with Crippen LogP contribution in [0.25, 0.3) is 0 Å². The summed E-state index contributed by atoms with van der Waals surface area (Å²) in [4.78, 5) is 11.4. The molecule has 0 spiro atoms. The fourth-order valence-corrected chi connectivity index (χ4v) is 2.72. The zero-order chi connectivity index (χ0) is 12.1. The number of nitrogens with one attached hydrogen (secondary N) is 2. The second-order valence-corrected chi connectivity index (χ2v) is 5.15. The Hall–Kier alpha value is -0.910. The molecule has 1 aromatic rings. The van der Waals surface area contributed by atoms with Gasteiger partial charge in [-0.15, -0.1) is 0 Å². The fraction of sp³-hybridized carbons (Fsp3) is 0.583. The van der Waals surface area contributed by atoms with Gasteiger partial charge in [-0.3, -0.25) is 4.79 Å². The molecule has 94 valence electrons. The third-order valence-electron chi connectivity index (χ3n) is 3.01. The van der Waals surface area contributed by atoms with Gasteiger partial charge in [0.25, 0.3) is 0 Å². The molecule has 1 saturated heterocycles. The van der Waals surface area contributed by atoms with Crippen LogP contribution in [0, 0.1) is 0 Å². The van der Waals surface area contributed by atoms with Crippen LogP contribution in [0.1, 0.15) is 30.9 Å². The van der Waals surface area contributed by atoms with Crippen molar-refractivity contribution in [3.8, 4) is 0 Å². The third-order valence-corrected chi connectivity index (χ3v) is 3.71. The number of aliphatic hydroxyl groups excluding tert-OH is 1. The molecule has 0 aromatic carbocycles. The van der Waals surface area contributed by atoms with Crippen LogP contribution in [0.5, 0.6) is 0 Å². The van der Waals surface area contributed by atoms with Gasteiger partial charge in [0, 0.05) is 25.6 Å². The van der Waals surface area contributed by atoms with E-state index in [4.69, 9.17) is 0 Å². The van der Waals surface area contributed by atoms with E-state index in [0.717, 1.165) is 24.9 Å². The fourth-order valence-electron chi connectivity index (χ4n) is 2.01. The van der Waals surface area contributed by atoms with Crippen LogP contribution in [-0.4, -0.2) is 30.1 Å². The maximum atomic E-state index is 11.4. The Labute approximate surface area is 105 Å². The van der Waals surface area contributed by atoms with Gasteiger partial charge in [-0.1, -0.05) is 0 Å². The lowest BCUT2D eigenvalue weighted by atomic mass is 10.1. The van der Waals surface area contributed by atoms with Crippen molar-refractivity contribution in [3.63, 3.8) is 0 Å². The van der Waals surface area contributed by atoms with Crippen LogP contribution in [0.3, 0.4) is 0 Å². The van der Waals surface area contributed by atoms with E-state index in [2.05, 4.69) is 10.6 Å². The van der Waals surface area contributed by atoms with Crippen LogP contribution >= 0.6 is 11.3 Å². The summed E-state index contributed by atoms with van der Waals surface area (Å²) in [6.07, 6.45) is 2.01. The van der Waals surface area contributed by atoms with Crippen molar-refractivity contribution in [2.45, 2.75) is 31.4 Å². The van der Waals surface area contributed by atoms with Crippen LogP contribution in [-0.2, 0) is 4.79 Å². The van der Waals surface area contributed by atoms with Crippen molar-refractivity contribution in [1.82, 2.24) is 10.6 Å². The van der Waals surface area contributed by atoms with Gasteiger partial charge in [-0.2, -0.15) is 11.3 Å². The zero-order valence-electron chi connectivity index (χ0n) is 9.69. The summed E-state index contributed by atoms with van der Waals surface area (Å²) in [5.74, 6) is 0.102. The highest BCUT2D eigenvalue weighted by molar-refractivity contribution is 7.07. The number of hydrogen-bond acceptors (Lipinski definition) is 4. The predicted octanol–water partition coefficient (Wildman–Crippen LogP) is 1.04. The summed E-state index contributed by atoms with van der Waals surface area (Å²) in [5, 5.41) is 20.0. The first-order chi connectivity index (χ1) is 8.25. The highest BCUT2D eigenvalue weighted by Gasteiger charge is 2.18. The maximum absolute atomic E-state index is 11.4. The van der Waals surface area contributed by atoms with Gasteiger partial charge in [0.05, 0.1) is 6.10 Å². The predicted molar refractivity (Wildman–Crippen MR) is 67.9 cm³/mol. The van der Waals surface area contributed by atoms with E-state index in [1.54, 1.807) is 11.3 Å². The Bertz CT molecular complexity index is 353. The van der Waals surface area contributed by atoms with Crippen molar-refractivity contribution in [3.05, 3.63) is 22.4 Å². The molecular formula is C12H18N2O2S. The molecule has 1 amide bonds. The van der Waals surface area contributed by atoms with Crippen molar-refractivity contribution < 1.29 is 9.90 Å². The van der Waals surface area contributed by atoms with Crippen LogP contribution in [0.4, 0.5) is 0 Å². The van der Waals surface area contributed by atoms with E-state index in [9.17, 15) is 9.90 Å². The van der Waals surface area contributed by atoms with Gasteiger partial charge < -0.3 is 15.7 Å². The Kier molecular flexibility index (Phi) is 4.53. The van der Waals surface area contributed by atoms with Crippen LogP contribution in [0.2, 0.25) is 0 Å². The zero-order valence-corrected chi connectivity index (χ0v) is 10.5. The van der Waals surface area contributed by atoms with Crippen molar-refractivity contribution in [1.29, 1.82) is 0 Å². The van der Waals surface area contributed by atoms with Crippen molar-refractivity contribution in [2.75, 3.05) is 13.1 Å². The first kappa shape index (κ1) is 12.5. The molecule has 0 aliphatic carbocycles.